The van der Waals surface area contributed by atoms with E-state index in [1.807, 2.05) is 53.6 Å². The van der Waals surface area contributed by atoms with Gasteiger partial charge in [-0.1, -0.05) is 48.5 Å². The zero-order valence-corrected chi connectivity index (χ0v) is 18.6. The molecule has 31 heavy (non-hydrogen) atoms. The van der Waals surface area contributed by atoms with Crippen LogP contribution in [0.5, 0.6) is 5.75 Å². The topological polar surface area (TPSA) is 45.7 Å². The van der Waals surface area contributed by atoms with E-state index >= 15 is 0 Å². The van der Waals surface area contributed by atoms with E-state index < -0.39 is 0 Å². The number of ether oxygens (including phenoxy) is 1. The number of benzene rings is 2. The van der Waals surface area contributed by atoms with Crippen LogP contribution in [-0.2, 0) is 17.9 Å². The van der Waals surface area contributed by atoms with Crippen molar-refractivity contribution in [1.82, 2.24) is 14.8 Å². The number of aryl methyl sites for hydroxylation is 1. The number of para-hydroxylation sites is 1. The van der Waals surface area contributed by atoms with Crippen molar-refractivity contribution in [2.45, 2.75) is 20.1 Å². The average Bonchev–Trinajstić information content (AvgIpc) is 3.23. The van der Waals surface area contributed by atoms with Crippen LogP contribution in [0.15, 0.2) is 66.1 Å². The minimum atomic E-state index is 0.0456. The molecule has 4 rings (SSSR count). The van der Waals surface area contributed by atoms with Crippen molar-refractivity contribution < 1.29 is 9.53 Å². The van der Waals surface area contributed by atoms with Gasteiger partial charge in [0.1, 0.15) is 12.4 Å². The molecule has 3 aromatic rings. The summed E-state index contributed by atoms with van der Waals surface area (Å²) in [5.74, 6) is 0.800. The monoisotopic (exact) mass is 433 g/mol. The molecule has 2 aromatic carbocycles. The van der Waals surface area contributed by atoms with Gasteiger partial charge in [0.2, 0.25) is 5.91 Å². The van der Waals surface area contributed by atoms with Crippen molar-refractivity contribution in [3.05, 3.63) is 87.9 Å². The molecule has 1 saturated heterocycles. The van der Waals surface area contributed by atoms with Gasteiger partial charge in [-0.15, -0.1) is 11.3 Å². The first-order valence-electron chi connectivity index (χ1n) is 10.5. The minimum absolute atomic E-state index is 0.0456. The number of thiazole rings is 1. The highest BCUT2D eigenvalue weighted by atomic mass is 32.1. The fourth-order valence-electron chi connectivity index (χ4n) is 3.61. The number of hydrogen-bond donors (Lipinski definition) is 0. The fraction of sp³-hybridized carbons (Fsp3) is 0.280. The summed E-state index contributed by atoms with van der Waals surface area (Å²) in [7, 11) is 0. The molecule has 1 aliphatic heterocycles. The standard InChI is InChI=1S/C25H27N3O2S/c1-20-26-23(19-31-20)18-30-24-10-6-5-9-22(24)11-12-25(29)28-15-13-27(14-16-28)17-21-7-3-2-4-8-21/h2-12,19H,13-18H2,1H3/b12-11+. The molecule has 1 aromatic heterocycles. The molecule has 0 N–H and O–H groups in total. The Balaban J connectivity index is 1.30. The maximum absolute atomic E-state index is 12.7. The van der Waals surface area contributed by atoms with Gasteiger partial charge in [0.15, 0.2) is 0 Å². The third-order valence-corrected chi connectivity index (χ3v) is 6.12. The van der Waals surface area contributed by atoms with E-state index in [2.05, 4.69) is 34.1 Å². The van der Waals surface area contributed by atoms with E-state index in [1.165, 1.54) is 5.56 Å². The summed E-state index contributed by atoms with van der Waals surface area (Å²) in [5, 5.41) is 3.04. The molecule has 160 valence electrons. The van der Waals surface area contributed by atoms with Crippen LogP contribution >= 0.6 is 11.3 Å². The molecule has 0 spiro atoms. The Morgan fingerprint density at radius 1 is 1.06 bits per heavy atom. The Hall–Kier alpha value is -2.96. The number of amides is 1. The third-order valence-electron chi connectivity index (χ3n) is 5.30. The molecule has 1 fully saturated rings. The molecule has 0 aliphatic carbocycles. The summed E-state index contributed by atoms with van der Waals surface area (Å²) in [6.07, 6.45) is 3.50. The van der Waals surface area contributed by atoms with E-state index in [-0.39, 0.29) is 5.91 Å². The van der Waals surface area contributed by atoms with E-state index in [0.717, 1.165) is 54.7 Å². The van der Waals surface area contributed by atoms with Crippen molar-refractivity contribution in [2.24, 2.45) is 0 Å². The number of nitrogens with zero attached hydrogens (tertiary/aromatic N) is 3. The quantitative estimate of drug-likeness (QED) is 0.519. The number of rotatable bonds is 7. The van der Waals surface area contributed by atoms with E-state index in [1.54, 1.807) is 17.4 Å². The molecule has 6 heteroatoms. The van der Waals surface area contributed by atoms with Crippen molar-refractivity contribution in [3.8, 4) is 5.75 Å². The lowest BCUT2D eigenvalue weighted by Gasteiger charge is -2.34. The van der Waals surface area contributed by atoms with Gasteiger partial charge in [-0.05, 0) is 24.6 Å². The zero-order chi connectivity index (χ0) is 21.5. The fourth-order valence-corrected chi connectivity index (χ4v) is 4.21. The highest BCUT2D eigenvalue weighted by Crippen LogP contribution is 2.21. The summed E-state index contributed by atoms with van der Waals surface area (Å²) < 4.78 is 5.95. The summed E-state index contributed by atoms with van der Waals surface area (Å²) >= 11 is 1.62. The molecule has 5 nitrogen and oxygen atoms in total. The van der Waals surface area contributed by atoms with Crippen LogP contribution in [0.1, 0.15) is 21.8 Å². The zero-order valence-electron chi connectivity index (χ0n) is 17.7. The van der Waals surface area contributed by atoms with Crippen molar-refractivity contribution in [3.63, 3.8) is 0 Å². The number of carbonyl (C=O) groups excluding carboxylic acids is 1. The lowest BCUT2D eigenvalue weighted by Crippen LogP contribution is -2.47. The van der Waals surface area contributed by atoms with E-state index in [4.69, 9.17) is 4.74 Å². The van der Waals surface area contributed by atoms with Crippen LogP contribution in [-0.4, -0.2) is 46.9 Å². The Kier molecular flexibility index (Phi) is 7.12. The number of piperazine rings is 1. The molecule has 1 amide bonds. The van der Waals surface area contributed by atoms with Crippen LogP contribution in [0.25, 0.3) is 6.08 Å². The first kappa shape index (κ1) is 21.3. The largest absolute Gasteiger partial charge is 0.487 e. The van der Waals surface area contributed by atoms with Crippen LogP contribution in [0.2, 0.25) is 0 Å². The molecule has 0 atom stereocenters. The first-order chi connectivity index (χ1) is 15.2. The summed E-state index contributed by atoms with van der Waals surface area (Å²) in [6.45, 7) is 6.61. The maximum Gasteiger partial charge on any atom is 0.246 e. The predicted octanol–water partition coefficient (Wildman–Crippen LogP) is 4.39. The highest BCUT2D eigenvalue weighted by Gasteiger charge is 2.19. The molecular formula is C25H27N3O2S. The molecule has 1 aliphatic rings. The van der Waals surface area contributed by atoms with Crippen LogP contribution in [0, 0.1) is 6.92 Å². The molecule has 0 unspecified atom stereocenters. The summed E-state index contributed by atoms with van der Waals surface area (Å²) in [6, 6.07) is 18.2. The predicted molar refractivity (Wildman–Crippen MR) is 125 cm³/mol. The SMILES string of the molecule is Cc1nc(COc2ccccc2/C=C/C(=O)N2CCN(Cc3ccccc3)CC2)cs1. The molecule has 0 radical (unpaired) electrons. The van der Waals surface area contributed by atoms with Crippen molar-refractivity contribution >= 4 is 23.3 Å². The maximum atomic E-state index is 12.7. The summed E-state index contributed by atoms with van der Waals surface area (Å²) in [4.78, 5) is 21.4. The minimum Gasteiger partial charge on any atom is -0.487 e. The van der Waals surface area contributed by atoms with Crippen LogP contribution in [0.4, 0.5) is 0 Å². The molecule has 2 heterocycles. The van der Waals surface area contributed by atoms with Gasteiger partial charge < -0.3 is 9.64 Å². The van der Waals surface area contributed by atoms with Crippen molar-refractivity contribution in [2.75, 3.05) is 26.2 Å². The van der Waals surface area contributed by atoms with E-state index in [0.29, 0.717) is 6.61 Å². The second kappa shape index (κ2) is 10.4. The Morgan fingerprint density at radius 3 is 2.55 bits per heavy atom. The summed E-state index contributed by atoms with van der Waals surface area (Å²) in [5.41, 5.74) is 3.13. The van der Waals surface area contributed by atoms with Crippen molar-refractivity contribution in [1.29, 1.82) is 0 Å². The lowest BCUT2D eigenvalue weighted by atomic mass is 10.1. The van der Waals surface area contributed by atoms with Crippen LogP contribution < -0.4 is 4.74 Å². The first-order valence-corrected chi connectivity index (χ1v) is 11.4. The van der Waals surface area contributed by atoms with Gasteiger partial charge >= 0.3 is 0 Å². The van der Waals surface area contributed by atoms with Gasteiger partial charge in [-0.3, -0.25) is 9.69 Å². The van der Waals surface area contributed by atoms with Gasteiger partial charge in [-0.2, -0.15) is 0 Å². The Bertz CT molecular complexity index is 1020. The van der Waals surface area contributed by atoms with Gasteiger partial charge in [0.05, 0.1) is 10.7 Å². The molecule has 0 saturated carbocycles. The van der Waals surface area contributed by atoms with Gasteiger partial charge in [-0.25, -0.2) is 4.98 Å². The average molecular weight is 434 g/mol. The lowest BCUT2D eigenvalue weighted by molar-refractivity contribution is -0.127. The molecule has 0 bridgehead atoms. The smallest absolute Gasteiger partial charge is 0.246 e. The van der Waals surface area contributed by atoms with Gasteiger partial charge in [0.25, 0.3) is 0 Å². The molecular weight excluding hydrogens is 406 g/mol. The normalized spacial score (nSPS) is 14.8. The number of aromatic nitrogens is 1. The second-order valence-corrected chi connectivity index (χ2v) is 8.67. The second-order valence-electron chi connectivity index (χ2n) is 7.60. The Labute approximate surface area is 187 Å². The van der Waals surface area contributed by atoms with Gasteiger partial charge in [0, 0.05) is 49.7 Å². The third kappa shape index (κ3) is 6.03. The number of carbonyl (C=O) groups is 1. The highest BCUT2D eigenvalue weighted by molar-refractivity contribution is 7.09. The van der Waals surface area contributed by atoms with Crippen LogP contribution in [0.3, 0.4) is 0 Å². The Morgan fingerprint density at radius 2 is 1.81 bits per heavy atom. The van der Waals surface area contributed by atoms with E-state index in [9.17, 15) is 4.79 Å². The number of hydrogen-bond acceptors (Lipinski definition) is 5.